The third-order valence-electron chi connectivity index (χ3n) is 1.33. The number of hydrogen-bond donors (Lipinski definition) is 0. The van der Waals surface area contributed by atoms with E-state index < -0.39 is 0 Å². The van der Waals surface area contributed by atoms with Crippen molar-refractivity contribution in [2.75, 3.05) is 0 Å². The monoisotopic (exact) mass is 230 g/mol. The Labute approximate surface area is 70.2 Å². The zero-order chi connectivity index (χ0) is 6.85. The first-order valence-corrected chi connectivity index (χ1v) is 4.01. The van der Waals surface area contributed by atoms with E-state index in [2.05, 4.69) is 55.6 Å². The van der Waals surface area contributed by atoms with Crippen LogP contribution in [-0.4, -0.2) is 7.85 Å². The van der Waals surface area contributed by atoms with Gasteiger partial charge in [-0.15, -0.1) is 0 Å². The Bertz CT molecular complexity index is 220. The van der Waals surface area contributed by atoms with E-state index in [1.165, 1.54) is 14.6 Å². The molecule has 9 heavy (non-hydrogen) atoms. The standard InChI is InChI=1S/C7H8BI/c1-5-2-3-6(8)7(9)4-5/h2-4H,8H2,1H3. The fourth-order valence-electron chi connectivity index (χ4n) is 0.698. The summed E-state index contributed by atoms with van der Waals surface area (Å²) in [6, 6.07) is 6.48. The van der Waals surface area contributed by atoms with Crippen molar-refractivity contribution >= 4 is 35.9 Å². The van der Waals surface area contributed by atoms with Gasteiger partial charge in [0.05, 0.1) is 0 Å². The largest absolute Gasteiger partial charge is 0.140 e. The highest BCUT2D eigenvalue weighted by molar-refractivity contribution is 14.1. The zero-order valence-corrected chi connectivity index (χ0v) is 7.77. The lowest BCUT2D eigenvalue weighted by Gasteiger charge is -1.96. The number of hydrogen-bond acceptors (Lipinski definition) is 0. The lowest BCUT2D eigenvalue weighted by atomic mass is 9.96. The van der Waals surface area contributed by atoms with E-state index in [9.17, 15) is 0 Å². The lowest BCUT2D eigenvalue weighted by Crippen LogP contribution is -2.05. The highest BCUT2D eigenvalue weighted by atomic mass is 127. The van der Waals surface area contributed by atoms with Crippen LogP contribution in [0.15, 0.2) is 18.2 Å². The van der Waals surface area contributed by atoms with E-state index in [0.29, 0.717) is 0 Å². The van der Waals surface area contributed by atoms with Crippen molar-refractivity contribution in [3.63, 3.8) is 0 Å². The van der Waals surface area contributed by atoms with E-state index in [1.807, 2.05) is 0 Å². The van der Waals surface area contributed by atoms with Crippen LogP contribution >= 0.6 is 22.6 Å². The summed E-state index contributed by atoms with van der Waals surface area (Å²) in [5, 5.41) is 0. The molecule has 2 heteroatoms. The Morgan fingerprint density at radius 1 is 1.44 bits per heavy atom. The molecule has 0 unspecified atom stereocenters. The SMILES string of the molecule is Bc1ccc(C)cc1I. The fourth-order valence-corrected chi connectivity index (χ4v) is 1.37. The minimum Gasteiger partial charge on any atom is -0.0759 e. The topological polar surface area (TPSA) is 0 Å². The molecule has 0 spiro atoms. The Balaban J connectivity index is 3.17. The molecule has 0 aliphatic heterocycles. The van der Waals surface area contributed by atoms with Crippen LogP contribution in [0.2, 0.25) is 0 Å². The second-order valence-corrected chi connectivity index (χ2v) is 3.41. The Hall–Kier alpha value is 0.0149. The van der Waals surface area contributed by atoms with Gasteiger partial charge in [-0.3, -0.25) is 0 Å². The summed E-state index contributed by atoms with van der Waals surface area (Å²) in [4.78, 5) is 0. The van der Waals surface area contributed by atoms with Crippen molar-refractivity contribution in [2.45, 2.75) is 6.92 Å². The molecular formula is C7H8BI. The maximum absolute atomic E-state index is 2.35. The molecule has 0 nitrogen and oxygen atoms in total. The molecule has 0 radical (unpaired) electrons. The van der Waals surface area contributed by atoms with Gasteiger partial charge in [0.15, 0.2) is 0 Å². The number of aryl methyl sites for hydroxylation is 1. The molecule has 0 amide bonds. The van der Waals surface area contributed by atoms with Crippen LogP contribution in [0.1, 0.15) is 5.56 Å². The second kappa shape index (κ2) is 2.73. The van der Waals surface area contributed by atoms with Crippen LogP contribution in [0.3, 0.4) is 0 Å². The average molecular weight is 230 g/mol. The molecule has 0 aliphatic carbocycles. The van der Waals surface area contributed by atoms with Crippen molar-refractivity contribution in [3.05, 3.63) is 27.3 Å². The third-order valence-corrected chi connectivity index (χ3v) is 2.49. The summed E-state index contributed by atoms with van der Waals surface area (Å²) in [5.74, 6) is 0. The molecule has 1 aromatic rings. The summed E-state index contributed by atoms with van der Waals surface area (Å²) in [6.45, 7) is 2.11. The molecule has 1 aromatic carbocycles. The van der Waals surface area contributed by atoms with Crippen LogP contribution < -0.4 is 5.46 Å². The zero-order valence-electron chi connectivity index (χ0n) is 5.61. The van der Waals surface area contributed by atoms with E-state index in [4.69, 9.17) is 0 Å². The molecule has 0 saturated heterocycles. The first-order chi connectivity index (χ1) is 4.20. The summed E-state index contributed by atoms with van der Waals surface area (Å²) in [5.41, 5.74) is 2.70. The van der Waals surface area contributed by atoms with E-state index in [-0.39, 0.29) is 0 Å². The molecule has 0 fully saturated rings. The van der Waals surface area contributed by atoms with Crippen molar-refractivity contribution < 1.29 is 0 Å². The molecular weight excluding hydrogens is 222 g/mol. The highest BCUT2D eigenvalue weighted by Gasteiger charge is 1.90. The Morgan fingerprint density at radius 3 is 2.56 bits per heavy atom. The first-order valence-electron chi connectivity index (χ1n) is 2.93. The van der Waals surface area contributed by atoms with Gasteiger partial charge in [0, 0.05) is 3.57 Å². The van der Waals surface area contributed by atoms with Crippen molar-refractivity contribution in [2.24, 2.45) is 0 Å². The third kappa shape index (κ3) is 1.71. The van der Waals surface area contributed by atoms with Gasteiger partial charge in [-0.25, -0.2) is 0 Å². The molecule has 0 atom stereocenters. The minimum atomic E-state index is 1.34. The van der Waals surface area contributed by atoms with Gasteiger partial charge < -0.3 is 0 Å². The predicted molar refractivity (Wildman–Crippen MR) is 52.1 cm³/mol. The van der Waals surface area contributed by atoms with Gasteiger partial charge in [0.25, 0.3) is 0 Å². The van der Waals surface area contributed by atoms with Gasteiger partial charge in [-0.2, -0.15) is 0 Å². The summed E-state index contributed by atoms with van der Waals surface area (Å²) < 4.78 is 1.35. The van der Waals surface area contributed by atoms with Crippen LogP contribution in [0, 0.1) is 10.5 Å². The number of rotatable bonds is 0. The van der Waals surface area contributed by atoms with E-state index in [0.717, 1.165) is 0 Å². The minimum absolute atomic E-state index is 1.34. The second-order valence-electron chi connectivity index (χ2n) is 2.25. The molecule has 0 N–H and O–H groups in total. The van der Waals surface area contributed by atoms with Gasteiger partial charge in [0.1, 0.15) is 7.85 Å². The normalized spacial score (nSPS) is 9.56. The van der Waals surface area contributed by atoms with Crippen LogP contribution in [-0.2, 0) is 0 Å². The predicted octanol–water partition coefficient (Wildman–Crippen LogP) is 0.858. The van der Waals surface area contributed by atoms with E-state index >= 15 is 0 Å². The summed E-state index contributed by atoms with van der Waals surface area (Å²) >= 11 is 2.35. The Kier molecular flexibility index (Phi) is 2.16. The van der Waals surface area contributed by atoms with Gasteiger partial charge in [-0.1, -0.05) is 23.2 Å². The smallest absolute Gasteiger partial charge is 0.0759 e. The van der Waals surface area contributed by atoms with Gasteiger partial charge >= 0.3 is 0 Å². The number of halogens is 1. The summed E-state index contributed by atoms with van der Waals surface area (Å²) in [6.07, 6.45) is 0. The summed E-state index contributed by atoms with van der Waals surface area (Å²) in [7, 11) is 2.13. The number of benzene rings is 1. The molecule has 0 aromatic heterocycles. The maximum Gasteiger partial charge on any atom is 0.140 e. The maximum atomic E-state index is 2.35. The molecule has 1 rings (SSSR count). The Morgan fingerprint density at radius 2 is 2.11 bits per heavy atom. The van der Waals surface area contributed by atoms with Crippen LogP contribution in [0.25, 0.3) is 0 Å². The molecule has 0 heterocycles. The van der Waals surface area contributed by atoms with Crippen molar-refractivity contribution in [3.8, 4) is 0 Å². The lowest BCUT2D eigenvalue weighted by molar-refractivity contribution is 1.47. The highest BCUT2D eigenvalue weighted by Crippen LogP contribution is 2.02. The van der Waals surface area contributed by atoms with Crippen LogP contribution in [0.4, 0.5) is 0 Å². The fraction of sp³-hybridized carbons (Fsp3) is 0.143. The van der Waals surface area contributed by atoms with Gasteiger partial charge in [-0.05, 0) is 35.6 Å². The van der Waals surface area contributed by atoms with Crippen molar-refractivity contribution in [1.29, 1.82) is 0 Å². The quantitative estimate of drug-likeness (QED) is 0.458. The van der Waals surface area contributed by atoms with Gasteiger partial charge in [0.2, 0.25) is 0 Å². The molecule has 0 saturated carbocycles. The first kappa shape index (κ1) is 7.13. The molecule has 0 aliphatic rings. The van der Waals surface area contributed by atoms with E-state index in [1.54, 1.807) is 0 Å². The molecule has 0 bridgehead atoms. The average Bonchev–Trinajstić information content (AvgIpc) is 1.80. The van der Waals surface area contributed by atoms with Crippen LogP contribution in [0.5, 0.6) is 0 Å². The van der Waals surface area contributed by atoms with Crippen molar-refractivity contribution in [1.82, 2.24) is 0 Å². The molecule has 46 valence electrons.